The fraction of sp³-hybridized carbons (Fsp3) is 0.588. The molecular formula is C17H24N4O3S. The van der Waals surface area contributed by atoms with Gasteiger partial charge in [-0.3, -0.25) is 9.58 Å². The highest BCUT2D eigenvalue weighted by atomic mass is 32.2. The van der Waals surface area contributed by atoms with Crippen LogP contribution in [0.1, 0.15) is 30.1 Å². The number of furan rings is 1. The summed E-state index contributed by atoms with van der Waals surface area (Å²) in [7, 11) is -3.15. The molecule has 0 amide bonds. The van der Waals surface area contributed by atoms with Gasteiger partial charge in [-0.15, -0.1) is 0 Å². The molecule has 2 aromatic heterocycles. The number of sulfonamides is 1. The third-order valence-corrected chi connectivity index (χ3v) is 6.77. The molecule has 3 heterocycles. The van der Waals surface area contributed by atoms with Crippen LogP contribution in [0.2, 0.25) is 0 Å². The molecule has 0 aromatic carbocycles. The molecule has 1 aliphatic carbocycles. The van der Waals surface area contributed by atoms with E-state index in [2.05, 4.69) is 14.7 Å². The third kappa shape index (κ3) is 3.96. The fourth-order valence-corrected chi connectivity index (χ4v) is 4.85. The van der Waals surface area contributed by atoms with Crippen LogP contribution in [-0.2, 0) is 29.7 Å². The van der Waals surface area contributed by atoms with Crippen molar-refractivity contribution in [2.75, 3.05) is 13.1 Å². The van der Waals surface area contributed by atoms with Gasteiger partial charge in [0.1, 0.15) is 11.5 Å². The minimum atomic E-state index is -3.15. The first-order chi connectivity index (χ1) is 12.0. The van der Waals surface area contributed by atoms with Gasteiger partial charge in [0.25, 0.3) is 0 Å². The summed E-state index contributed by atoms with van der Waals surface area (Å²) in [5.41, 5.74) is 1.15. The first kappa shape index (κ1) is 16.8. The normalized spacial score (nSPS) is 21.9. The van der Waals surface area contributed by atoms with Crippen molar-refractivity contribution in [3.63, 3.8) is 0 Å². The molecule has 1 fully saturated rings. The molecule has 1 N–H and O–H groups in total. The molecule has 0 unspecified atom stereocenters. The lowest BCUT2D eigenvalue weighted by Crippen LogP contribution is -2.37. The van der Waals surface area contributed by atoms with Crippen molar-refractivity contribution in [1.82, 2.24) is 19.4 Å². The van der Waals surface area contributed by atoms with Crippen LogP contribution < -0.4 is 4.72 Å². The molecular weight excluding hydrogens is 340 g/mol. The van der Waals surface area contributed by atoms with Crippen molar-refractivity contribution in [1.29, 1.82) is 0 Å². The Morgan fingerprint density at radius 1 is 1.28 bits per heavy atom. The molecule has 2 aliphatic rings. The second-order valence-corrected chi connectivity index (χ2v) is 9.19. The Labute approximate surface area is 148 Å². The van der Waals surface area contributed by atoms with E-state index >= 15 is 0 Å². The average Bonchev–Trinajstić information content (AvgIpc) is 3.27. The van der Waals surface area contributed by atoms with E-state index in [1.165, 1.54) is 0 Å². The zero-order chi connectivity index (χ0) is 17.4. The molecule has 4 rings (SSSR count). The van der Waals surface area contributed by atoms with E-state index in [0.29, 0.717) is 13.1 Å². The van der Waals surface area contributed by atoms with Crippen LogP contribution in [-0.4, -0.2) is 41.4 Å². The van der Waals surface area contributed by atoms with Crippen LogP contribution in [0.4, 0.5) is 0 Å². The summed E-state index contributed by atoms with van der Waals surface area (Å²) in [5.74, 6) is 2.01. The Hall–Kier alpha value is -1.64. The summed E-state index contributed by atoms with van der Waals surface area (Å²) in [4.78, 5) is 2.30. The fourth-order valence-electron chi connectivity index (χ4n) is 3.39. The number of hydrogen-bond acceptors (Lipinski definition) is 5. The summed E-state index contributed by atoms with van der Waals surface area (Å²) >= 11 is 0. The van der Waals surface area contributed by atoms with Gasteiger partial charge in [0.15, 0.2) is 0 Å². The number of hydrogen-bond donors (Lipinski definition) is 1. The van der Waals surface area contributed by atoms with Crippen molar-refractivity contribution in [2.45, 2.75) is 44.6 Å². The van der Waals surface area contributed by atoms with Gasteiger partial charge < -0.3 is 4.42 Å². The van der Waals surface area contributed by atoms with E-state index in [4.69, 9.17) is 4.42 Å². The van der Waals surface area contributed by atoms with E-state index in [0.717, 1.165) is 49.7 Å². The summed E-state index contributed by atoms with van der Waals surface area (Å²) in [6, 6.07) is 6.00. The Kier molecular flexibility index (Phi) is 4.43. The molecule has 1 saturated carbocycles. The predicted molar refractivity (Wildman–Crippen MR) is 93.2 cm³/mol. The highest BCUT2D eigenvalue weighted by Crippen LogP contribution is 2.27. The van der Waals surface area contributed by atoms with Gasteiger partial charge in [0.2, 0.25) is 10.0 Å². The second-order valence-electron chi connectivity index (χ2n) is 7.15. The standard InChI is InChI=1S/C17H24N4O3S/c1-13-2-3-16(24-13)12-20-9-14(8-19-25(22,23)17-4-5-17)10-21-15(11-20)6-7-18-21/h2-3,6-7,14,17,19H,4-5,8-12H2,1H3/t14-/m1/s1. The lowest BCUT2D eigenvalue weighted by Gasteiger charge is -2.23. The van der Waals surface area contributed by atoms with Gasteiger partial charge >= 0.3 is 0 Å². The first-order valence-corrected chi connectivity index (χ1v) is 10.3. The molecule has 0 saturated heterocycles. The van der Waals surface area contributed by atoms with E-state index in [1.807, 2.05) is 29.8 Å². The van der Waals surface area contributed by atoms with Crippen molar-refractivity contribution >= 4 is 10.0 Å². The largest absolute Gasteiger partial charge is 0.465 e. The van der Waals surface area contributed by atoms with Crippen molar-refractivity contribution in [3.05, 3.63) is 41.6 Å². The molecule has 0 spiro atoms. The Bertz CT molecular complexity index is 838. The monoisotopic (exact) mass is 364 g/mol. The summed E-state index contributed by atoms with van der Waals surface area (Å²) < 4.78 is 34.8. The lowest BCUT2D eigenvalue weighted by molar-refractivity contribution is 0.205. The van der Waals surface area contributed by atoms with Gasteiger partial charge in [-0.1, -0.05) is 0 Å². The van der Waals surface area contributed by atoms with Crippen LogP contribution in [0.5, 0.6) is 0 Å². The predicted octanol–water partition coefficient (Wildman–Crippen LogP) is 1.50. The quantitative estimate of drug-likeness (QED) is 0.840. The van der Waals surface area contributed by atoms with Gasteiger partial charge in [0, 0.05) is 38.3 Å². The molecule has 2 aromatic rings. The second kappa shape index (κ2) is 6.59. The van der Waals surface area contributed by atoms with Crippen molar-refractivity contribution < 1.29 is 12.8 Å². The highest BCUT2D eigenvalue weighted by Gasteiger charge is 2.36. The zero-order valence-electron chi connectivity index (χ0n) is 14.4. The zero-order valence-corrected chi connectivity index (χ0v) is 15.2. The SMILES string of the molecule is Cc1ccc(CN2Cc3ccnn3C[C@H](CNS(=O)(=O)C3CC3)C2)o1. The molecule has 8 heteroatoms. The van der Waals surface area contributed by atoms with E-state index in [-0.39, 0.29) is 11.2 Å². The van der Waals surface area contributed by atoms with E-state index in [1.54, 1.807) is 6.20 Å². The maximum Gasteiger partial charge on any atom is 0.214 e. The van der Waals surface area contributed by atoms with E-state index < -0.39 is 10.0 Å². The molecule has 136 valence electrons. The summed E-state index contributed by atoms with van der Waals surface area (Å²) in [5, 5.41) is 4.21. The van der Waals surface area contributed by atoms with Crippen LogP contribution in [0.3, 0.4) is 0 Å². The van der Waals surface area contributed by atoms with Crippen LogP contribution in [0.15, 0.2) is 28.8 Å². The highest BCUT2D eigenvalue weighted by molar-refractivity contribution is 7.90. The molecule has 0 radical (unpaired) electrons. The Balaban J connectivity index is 1.46. The van der Waals surface area contributed by atoms with Crippen LogP contribution in [0, 0.1) is 12.8 Å². The maximum atomic E-state index is 12.1. The summed E-state index contributed by atoms with van der Waals surface area (Å²) in [6.45, 7) is 5.41. The van der Waals surface area contributed by atoms with Gasteiger partial charge in [0.05, 0.1) is 17.5 Å². The van der Waals surface area contributed by atoms with Gasteiger partial charge in [-0.2, -0.15) is 5.10 Å². The number of aromatic nitrogens is 2. The van der Waals surface area contributed by atoms with Gasteiger partial charge in [-0.25, -0.2) is 13.1 Å². The Morgan fingerprint density at radius 2 is 2.12 bits per heavy atom. The smallest absolute Gasteiger partial charge is 0.214 e. The first-order valence-electron chi connectivity index (χ1n) is 8.76. The third-order valence-electron chi connectivity index (χ3n) is 4.85. The minimum absolute atomic E-state index is 0.172. The van der Waals surface area contributed by atoms with E-state index in [9.17, 15) is 8.42 Å². The van der Waals surface area contributed by atoms with Gasteiger partial charge in [-0.05, 0) is 38.0 Å². The molecule has 25 heavy (non-hydrogen) atoms. The minimum Gasteiger partial charge on any atom is -0.465 e. The number of nitrogens with zero attached hydrogens (tertiary/aromatic N) is 3. The molecule has 1 atom stereocenters. The number of nitrogens with one attached hydrogen (secondary N) is 1. The summed E-state index contributed by atoms with van der Waals surface area (Å²) in [6.07, 6.45) is 3.38. The molecule has 1 aliphatic heterocycles. The average molecular weight is 364 g/mol. The maximum absolute atomic E-state index is 12.1. The van der Waals surface area contributed by atoms with Crippen molar-refractivity contribution in [2.24, 2.45) is 5.92 Å². The van der Waals surface area contributed by atoms with Crippen LogP contribution >= 0.6 is 0 Å². The number of aryl methyl sites for hydroxylation is 1. The van der Waals surface area contributed by atoms with Crippen molar-refractivity contribution in [3.8, 4) is 0 Å². The number of rotatable bonds is 6. The number of fused-ring (bicyclic) bond motifs is 1. The molecule has 0 bridgehead atoms. The lowest BCUT2D eigenvalue weighted by atomic mass is 10.1. The topological polar surface area (TPSA) is 80.4 Å². The Morgan fingerprint density at radius 3 is 2.84 bits per heavy atom. The van der Waals surface area contributed by atoms with Crippen LogP contribution in [0.25, 0.3) is 0 Å². The molecule has 7 nitrogen and oxygen atoms in total.